The van der Waals surface area contributed by atoms with Gasteiger partial charge in [-0.1, -0.05) is 86.9 Å². The van der Waals surface area contributed by atoms with Crippen LogP contribution in [0.15, 0.2) is 59.6 Å². The number of amides is 1. The van der Waals surface area contributed by atoms with Crippen LogP contribution in [0.1, 0.15) is 45.1 Å². The molecule has 1 aliphatic rings. The minimum Gasteiger partial charge on any atom is -0.495 e. The number of unbranched alkanes of at least 4 members (excludes halogenated alkanes) is 1. The molecule has 2 aromatic carbocycles. The molecule has 1 unspecified atom stereocenters. The van der Waals surface area contributed by atoms with E-state index in [4.69, 9.17) is 33.7 Å². The first kappa shape index (κ1) is 26.5. The number of thioether (sulfide) groups is 1. The predicted molar refractivity (Wildman–Crippen MR) is 154 cm³/mol. The molecule has 1 aliphatic heterocycles. The number of para-hydroxylation sites is 1. The number of hydrogen-bond donors (Lipinski definition) is 0. The summed E-state index contributed by atoms with van der Waals surface area (Å²) < 4.78 is 7.75. The summed E-state index contributed by atoms with van der Waals surface area (Å²) in [5, 5.41) is 5.35. The van der Waals surface area contributed by atoms with Crippen LogP contribution in [0.3, 0.4) is 0 Å². The van der Waals surface area contributed by atoms with Gasteiger partial charge in [-0.3, -0.25) is 9.69 Å². The van der Waals surface area contributed by atoms with E-state index in [0.29, 0.717) is 32.5 Å². The van der Waals surface area contributed by atoms with Crippen molar-refractivity contribution in [3.8, 4) is 22.7 Å². The molecule has 0 saturated carbocycles. The van der Waals surface area contributed by atoms with Gasteiger partial charge in [0, 0.05) is 23.9 Å². The third-order valence-corrected chi connectivity index (χ3v) is 8.01. The molecule has 0 bridgehead atoms. The van der Waals surface area contributed by atoms with Gasteiger partial charge in [-0.05, 0) is 48.7 Å². The monoisotopic (exact) mass is 539 g/mol. The smallest absolute Gasteiger partial charge is 0.266 e. The lowest BCUT2D eigenvalue weighted by Crippen LogP contribution is -2.33. The van der Waals surface area contributed by atoms with Gasteiger partial charge in [-0.25, -0.2) is 4.68 Å². The van der Waals surface area contributed by atoms with Crippen LogP contribution in [0.25, 0.3) is 23.0 Å². The number of hydrogen-bond acceptors (Lipinski definition) is 5. The van der Waals surface area contributed by atoms with Crippen molar-refractivity contribution < 1.29 is 9.53 Å². The minimum absolute atomic E-state index is 0.0360. The Bertz CT molecular complexity index is 1270. The summed E-state index contributed by atoms with van der Waals surface area (Å²) in [6.45, 7) is 5.04. The zero-order chi connectivity index (χ0) is 25.7. The number of carbonyl (C=O) groups excluding carboxylic acids is 1. The molecule has 1 atom stereocenters. The second-order valence-electron chi connectivity index (χ2n) is 8.77. The number of methoxy groups -OCH3 is 1. The molecular weight excluding hydrogens is 510 g/mol. The molecule has 1 amide bonds. The highest BCUT2D eigenvalue weighted by Gasteiger charge is 2.33. The number of benzene rings is 2. The molecule has 0 radical (unpaired) electrons. The lowest BCUT2D eigenvalue weighted by Gasteiger charge is -2.21. The molecule has 0 aliphatic carbocycles. The van der Waals surface area contributed by atoms with Crippen molar-refractivity contribution in [2.45, 2.75) is 39.5 Å². The lowest BCUT2D eigenvalue weighted by atomic mass is 9.99. The van der Waals surface area contributed by atoms with E-state index in [1.165, 1.54) is 11.8 Å². The van der Waals surface area contributed by atoms with Gasteiger partial charge in [0.15, 0.2) is 0 Å². The summed E-state index contributed by atoms with van der Waals surface area (Å²) in [6, 6.07) is 15.5. The SMILES string of the molecule is CCCCC(CC)CN1C(=O)C(=Cc2cn(-c3ccccc3)nc2-c2ccc(OC)c(Cl)c2)SC1=S. The largest absolute Gasteiger partial charge is 0.495 e. The second kappa shape index (κ2) is 12.1. The molecular formula is C28H30ClN3O2S2. The number of aromatic nitrogens is 2. The first-order chi connectivity index (χ1) is 17.4. The fraction of sp³-hybridized carbons (Fsp3) is 0.321. The molecule has 1 fully saturated rings. The highest BCUT2D eigenvalue weighted by atomic mass is 35.5. The molecule has 188 valence electrons. The quantitative estimate of drug-likeness (QED) is 0.196. The van der Waals surface area contributed by atoms with E-state index in [-0.39, 0.29) is 5.91 Å². The Morgan fingerprint density at radius 2 is 1.97 bits per heavy atom. The Labute approximate surface area is 227 Å². The number of ether oxygens (including phenoxy) is 1. The van der Waals surface area contributed by atoms with Gasteiger partial charge >= 0.3 is 0 Å². The van der Waals surface area contributed by atoms with Crippen molar-refractivity contribution in [3.63, 3.8) is 0 Å². The fourth-order valence-electron chi connectivity index (χ4n) is 4.22. The molecule has 36 heavy (non-hydrogen) atoms. The third kappa shape index (κ3) is 5.85. The third-order valence-electron chi connectivity index (χ3n) is 6.33. The average Bonchev–Trinajstić information content (AvgIpc) is 3.43. The predicted octanol–water partition coefficient (Wildman–Crippen LogP) is 7.62. The highest BCUT2D eigenvalue weighted by molar-refractivity contribution is 8.26. The zero-order valence-corrected chi connectivity index (χ0v) is 23.1. The Balaban J connectivity index is 1.70. The number of halogens is 1. The second-order valence-corrected chi connectivity index (χ2v) is 10.9. The van der Waals surface area contributed by atoms with Crippen LogP contribution in [0, 0.1) is 5.92 Å². The first-order valence-corrected chi connectivity index (χ1v) is 13.8. The molecule has 8 heteroatoms. The van der Waals surface area contributed by atoms with Crippen molar-refractivity contribution in [2.24, 2.45) is 5.92 Å². The molecule has 1 saturated heterocycles. The van der Waals surface area contributed by atoms with Gasteiger partial charge in [0.1, 0.15) is 15.8 Å². The number of thiocarbonyl (C=S) groups is 1. The van der Waals surface area contributed by atoms with Gasteiger partial charge in [-0.2, -0.15) is 5.10 Å². The van der Waals surface area contributed by atoms with E-state index in [2.05, 4.69) is 13.8 Å². The van der Waals surface area contributed by atoms with Gasteiger partial charge in [0.2, 0.25) is 0 Å². The van der Waals surface area contributed by atoms with E-state index in [1.807, 2.05) is 65.5 Å². The van der Waals surface area contributed by atoms with Crippen molar-refractivity contribution in [1.82, 2.24) is 14.7 Å². The summed E-state index contributed by atoms with van der Waals surface area (Å²) in [5.74, 6) is 1.01. The Morgan fingerprint density at radius 3 is 2.64 bits per heavy atom. The van der Waals surface area contributed by atoms with Crippen LogP contribution >= 0.6 is 35.6 Å². The minimum atomic E-state index is -0.0360. The van der Waals surface area contributed by atoms with E-state index < -0.39 is 0 Å². The molecule has 1 aromatic heterocycles. The Hall–Kier alpha value is -2.61. The van der Waals surface area contributed by atoms with Gasteiger partial charge in [0.05, 0.1) is 22.7 Å². The highest BCUT2D eigenvalue weighted by Crippen LogP contribution is 2.37. The van der Waals surface area contributed by atoms with Crippen molar-refractivity contribution in [2.75, 3.05) is 13.7 Å². The van der Waals surface area contributed by atoms with Crippen LogP contribution in [0.4, 0.5) is 0 Å². The number of carbonyl (C=O) groups is 1. The first-order valence-electron chi connectivity index (χ1n) is 12.2. The molecule has 0 spiro atoms. The number of nitrogens with zero attached hydrogens (tertiary/aromatic N) is 3. The topological polar surface area (TPSA) is 47.4 Å². The maximum Gasteiger partial charge on any atom is 0.266 e. The standard InChI is InChI=1S/C28H30ClN3O2S2/c1-4-6-10-19(5-2)17-31-27(33)25(36-28(31)35)16-21-18-32(22-11-8-7-9-12-22)30-26(21)20-13-14-24(34-3)23(29)15-20/h7-9,11-16,18-19H,4-6,10,17H2,1-3H3. The van der Waals surface area contributed by atoms with Crippen molar-refractivity contribution in [3.05, 3.63) is 70.2 Å². The normalized spacial score (nSPS) is 15.7. The molecule has 2 heterocycles. The van der Waals surface area contributed by atoms with E-state index in [0.717, 1.165) is 48.2 Å². The average molecular weight is 540 g/mol. The van der Waals surface area contributed by atoms with Gasteiger partial charge in [-0.15, -0.1) is 0 Å². The number of rotatable bonds is 10. The summed E-state index contributed by atoms with van der Waals surface area (Å²) in [5.41, 5.74) is 3.30. The summed E-state index contributed by atoms with van der Waals surface area (Å²) in [7, 11) is 1.59. The van der Waals surface area contributed by atoms with Crippen LogP contribution in [-0.4, -0.2) is 38.6 Å². The van der Waals surface area contributed by atoms with Gasteiger partial charge in [0.25, 0.3) is 5.91 Å². The van der Waals surface area contributed by atoms with Crippen molar-refractivity contribution in [1.29, 1.82) is 0 Å². The van der Waals surface area contributed by atoms with E-state index in [9.17, 15) is 4.79 Å². The summed E-state index contributed by atoms with van der Waals surface area (Å²) in [4.78, 5) is 15.8. The molecule has 0 N–H and O–H groups in total. The zero-order valence-electron chi connectivity index (χ0n) is 20.7. The van der Waals surface area contributed by atoms with Crippen LogP contribution in [0.2, 0.25) is 5.02 Å². The molecule has 4 rings (SSSR count). The van der Waals surface area contributed by atoms with Gasteiger partial charge < -0.3 is 4.74 Å². The Kier molecular flexibility index (Phi) is 8.88. The molecule has 5 nitrogen and oxygen atoms in total. The molecule has 3 aromatic rings. The van der Waals surface area contributed by atoms with Crippen LogP contribution in [0.5, 0.6) is 5.75 Å². The van der Waals surface area contributed by atoms with Crippen LogP contribution < -0.4 is 4.74 Å². The maximum atomic E-state index is 13.4. The van der Waals surface area contributed by atoms with E-state index >= 15 is 0 Å². The van der Waals surface area contributed by atoms with Crippen molar-refractivity contribution >= 4 is 51.9 Å². The van der Waals surface area contributed by atoms with E-state index in [1.54, 1.807) is 12.0 Å². The maximum absolute atomic E-state index is 13.4. The fourth-order valence-corrected chi connectivity index (χ4v) is 5.74. The summed E-state index contributed by atoms with van der Waals surface area (Å²) in [6.07, 6.45) is 8.28. The lowest BCUT2D eigenvalue weighted by molar-refractivity contribution is -0.122. The summed E-state index contributed by atoms with van der Waals surface area (Å²) >= 11 is 13.4. The van der Waals surface area contributed by atoms with Crippen LogP contribution in [-0.2, 0) is 4.79 Å². The Morgan fingerprint density at radius 1 is 1.19 bits per heavy atom.